The van der Waals surface area contributed by atoms with Crippen molar-refractivity contribution < 1.29 is 0 Å². The van der Waals surface area contributed by atoms with E-state index in [0.717, 1.165) is 19.5 Å². The molecule has 2 aliphatic rings. The maximum absolute atomic E-state index is 12.5. The summed E-state index contributed by atoms with van der Waals surface area (Å²) in [5.41, 5.74) is 0.823. The second kappa shape index (κ2) is 5.99. The summed E-state index contributed by atoms with van der Waals surface area (Å²) in [4.78, 5) is 12.5. The molecule has 0 aliphatic heterocycles. The third kappa shape index (κ3) is 2.96. The Morgan fingerprint density at radius 3 is 2.71 bits per heavy atom. The molecule has 5 heteroatoms. The predicted octanol–water partition coefficient (Wildman–Crippen LogP) is 3.69. The van der Waals surface area contributed by atoms with Crippen molar-refractivity contribution in [2.24, 2.45) is 11.3 Å². The summed E-state index contributed by atoms with van der Waals surface area (Å²) < 4.78 is 1.58. The van der Waals surface area contributed by atoms with Crippen LogP contribution in [0.15, 0.2) is 11.0 Å². The van der Waals surface area contributed by atoms with Gasteiger partial charge >= 0.3 is 0 Å². The quantitative estimate of drug-likeness (QED) is 0.871. The van der Waals surface area contributed by atoms with Gasteiger partial charge in [0.1, 0.15) is 5.69 Å². The van der Waals surface area contributed by atoms with Crippen LogP contribution in [0.3, 0.4) is 0 Å². The molecule has 2 aliphatic carbocycles. The van der Waals surface area contributed by atoms with Gasteiger partial charge in [0.05, 0.1) is 11.2 Å². The second-order valence-corrected chi connectivity index (χ2v) is 7.12. The first-order valence-corrected chi connectivity index (χ1v) is 8.51. The van der Waals surface area contributed by atoms with Crippen LogP contribution in [0, 0.1) is 11.3 Å². The van der Waals surface area contributed by atoms with E-state index in [1.807, 2.05) is 0 Å². The van der Waals surface area contributed by atoms with Gasteiger partial charge in [-0.15, -0.1) is 0 Å². The molecule has 2 fully saturated rings. The lowest BCUT2D eigenvalue weighted by Gasteiger charge is -2.41. The summed E-state index contributed by atoms with van der Waals surface area (Å²) >= 11 is 6.18. The Balaban J connectivity index is 1.73. The van der Waals surface area contributed by atoms with Crippen LogP contribution in [0.2, 0.25) is 5.02 Å². The number of halogens is 1. The molecule has 0 unspecified atom stereocenters. The molecule has 3 rings (SSSR count). The Kier molecular flexibility index (Phi) is 4.25. The predicted molar refractivity (Wildman–Crippen MR) is 85.9 cm³/mol. The lowest BCUT2D eigenvalue weighted by molar-refractivity contribution is 0.145. The van der Waals surface area contributed by atoms with Gasteiger partial charge in [0.2, 0.25) is 0 Å². The third-order valence-electron chi connectivity index (χ3n) is 5.46. The number of nitrogens with one attached hydrogen (secondary N) is 1. The molecule has 0 saturated heterocycles. The summed E-state index contributed by atoms with van der Waals surface area (Å²) in [6.45, 7) is 3.79. The van der Waals surface area contributed by atoms with E-state index in [1.165, 1.54) is 38.5 Å². The zero-order valence-electron chi connectivity index (χ0n) is 12.7. The van der Waals surface area contributed by atoms with Crippen LogP contribution in [-0.2, 0) is 6.54 Å². The van der Waals surface area contributed by atoms with Crippen molar-refractivity contribution in [3.05, 3.63) is 21.6 Å². The van der Waals surface area contributed by atoms with Gasteiger partial charge in [-0.3, -0.25) is 4.79 Å². The van der Waals surface area contributed by atoms with Gasteiger partial charge in [0, 0.05) is 13.1 Å². The molecular weight excluding hydrogens is 286 g/mol. The largest absolute Gasteiger partial charge is 0.379 e. The molecule has 1 heterocycles. The van der Waals surface area contributed by atoms with Crippen LogP contribution in [0.1, 0.15) is 51.9 Å². The fourth-order valence-electron chi connectivity index (χ4n) is 3.29. The first kappa shape index (κ1) is 14.9. The Hall–Kier alpha value is -1.03. The van der Waals surface area contributed by atoms with Crippen LogP contribution < -0.4 is 10.9 Å². The molecule has 0 atom stereocenters. The molecule has 0 spiro atoms. The minimum absolute atomic E-state index is 0.0695. The number of rotatable bonds is 6. The lowest BCUT2D eigenvalue weighted by atomic mass is 9.67. The Morgan fingerprint density at radius 2 is 2.19 bits per heavy atom. The molecular formula is C16H24ClN3O. The standard InChI is InChI=1S/C16H24ClN3O/c1-2-16(7-4-8-16)11-18-14-13(17)9-19-20(15(14)21)10-12-5-3-6-12/h9,12,18H,2-8,10-11H2,1H3. The second-order valence-electron chi connectivity index (χ2n) is 6.71. The van der Waals surface area contributed by atoms with Crippen molar-refractivity contribution in [3.8, 4) is 0 Å². The van der Waals surface area contributed by atoms with Crippen molar-refractivity contribution in [2.75, 3.05) is 11.9 Å². The monoisotopic (exact) mass is 309 g/mol. The maximum atomic E-state index is 12.5. The van der Waals surface area contributed by atoms with E-state index in [-0.39, 0.29) is 5.56 Å². The van der Waals surface area contributed by atoms with Crippen LogP contribution in [0.5, 0.6) is 0 Å². The van der Waals surface area contributed by atoms with E-state index < -0.39 is 0 Å². The third-order valence-corrected chi connectivity index (χ3v) is 5.74. The summed E-state index contributed by atoms with van der Waals surface area (Å²) in [7, 11) is 0. The highest BCUT2D eigenvalue weighted by Gasteiger charge is 2.35. The van der Waals surface area contributed by atoms with Crippen LogP contribution >= 0.6 is 11.6 Å². The molecule has 0 bridgehead atoms. The van der Waals surface area contributed by atoms with Crippen LogP contribution in [0.25, 0.3) is 0 Å². The summed E-state index contributed by atoms with van der Waals surface area (Å²) in [6, 6.07) is 0. The molecule has 1 aromatic rings. The van der Waals surface area contributed by atoms with E-state index in [4.69, 9.17) is 11.6 Å². The number of hydrogen-bond acceptors (Lipinski definition) is 3. The fourth-order valence-corrected chi connectivity index (χ4v) is 3.48. The average Bonchev–Trinajstić information content (AvgIpc) is 2.38. The number of aromatic nitrogens is 2. The van der Waals surface area contributed by atoms with Gasteiger partial charge in [-0.1, -0.05) is 31.4 Å². The zero-order valence-corrected chi connectivity index (χ0v) is 13.5. The number of hydrogen-bond donors (Lipinski definition) is 1. The number of anilines is 1. The zero-order chi connectivity index (χ0) is 14.9. The Labute approximate surface area is 130 Å². The van der Waals surface area contributed by atoms with Gasteiger partial charge in [-0.25, -0.2) is 4.68 Å². The van der Waals surface area contributed by atoms with Crippen molar-refractivity contribution >= 4 is 17.3 Å². The van der Waals surface area contributed by atoms with Crippen LogP contribution in [-0.4, -0.2) is 16.3 Å². The SMILES string of the molecule is CCC1(CNc2c(Cl)cnn(CC3CCC3)c2=O)CCC1. The lowest BCUT2D eigenvalue weighted by Crippen LogP contribution is -2.38. The first-order valence-electron chi connectivity index (χ1n) is 8.13. The highest BCUT2D eigenvalue weighted by Crippen LogP contribution is 2.43. The van der Waals surface area contributed by atoms with Crippen molar-refractivity contribution in [1.29, 1.82) is 0 Å². The van der Waals surface area contributed by atoms with Gasteiger partial charge in [-0.05, 0) is 43.4 Å². The van der Waals surface area contributed by atoms with E-state index in [0.29, 0.717) is 22.0 Å². The molecule has 21 heavy (non-hydrogen) atoms. The normalized spacial score (nSPS) is 20.7. The Bertz CT molecular complexity index is 556. The molecule has 2 saturated carbocycles. The van der Waals surface area contributed by atoms with Crippen LogP contribution in [0.4, 0.5) is 5.69 Å². The molecule has 0 radical (unpaired) electrons. The van der Waals surface area contributed by atoms with Gasteiger partial charge in [-0.2, -0.15) is 5.10 Å². The fraction of sp³-hybridized carbons (Fsp3) is 0.750. The van der Waals surface area contributed by atoms with Crippen molar-refractivity contribution in [2.45, 2.75) is 58.4 Å². The molecule has 1 aromatic heterocycles. The molecule has 116 valence electrons. The maximum Gasteiger partial charge on any atom is 0.291 e. The highest BCUT2D eigenvalue weighted by molar-refractivity contribution is 6.32. The number of nitrogens with zero attached hydrogens (tertiary/aromatic N) is 2. The first-order chi connectivity index (χ1) is 10.1. The van der Waals surface area contributed by atoms with Gasteiger partial charge in [0.25, 0.3) is 5.56 Å². The molecule has 0 aromatic carbocycles. The minimum Gasteiger partial charge on any atom is -0.379 e. The smallest absolute Gasteiger partial charge is 0.291 e. The Morgan fingerprint density at radius 1 is 1.43 bits per heavy atom. The molecule has 0 amide bonds. The summed E-state index contributed by atoms with van der Waals surface area (Å²) in [5, 5.41) is 7.95. The van der Waals surface area contributed by atoms with Crippen molar-refractivity contribution in [1.82, 2.24) is 9.78 Å². The van der Waals surface area contributed by atoms with E-state index in [1.54, 1.807) is 10.9 Å². The average molecular weight is 310 g/mol. The van der Waals surface area contributed by atoms with Gasteiger partial charge < -0.3 is 5.32 Å². The molecule has 1 N–H and O–H groups in total. The highest BCUT2D eigenvalue weighted by atomic mass is 35.5. The molecule has 4 nitrogen and oxygen atoms in total. The summed E-state index contributed by atoms with van der Waals surface area (Å²) in [5.74, 6) is 0.609. The minimum atomic E-state index is -0.0695. The van der Waals surface area contributed by atoms with E-state index >= 15 is 0 Å². The topological polar surface area (TPSA) is 46.9 Å². The van der Waals surface area contributed by atoms with Crippen molar-refractivity contribution in [3.63, 3.8) is 0 Å². The van der Waals surface area contributed by atoms with Gasteiger partial charge in [0.15, 0.2) is 0 Å². The summed E-state index contributed by atoms with van der Waals surface area (Å²) in [6.07, 6.45) is 10.2. The van der Waals surface area contributed by atoms with E-state index in [2.05, 4.69) is 17.3 Å². The van der Waals surface area contributed by atoms with E-state index in [9.17, 15) is 4.79 Å².